The summed E-state index contributed by atoms with van der Waals surface area (Å²) < 4.78 is 0. The fraction of sp³-hybridized carbons (Fsp3) is 0.100. The van der Waals surface area contributed by atoms with Gasteiger partial charge in [-0.1, -0.05) is 81.0 Å². The zero-order valence-corrected chi connectivity index (χ0v) is 13.9. The number of hydrogen-bond acceptors (Lipinski definition) is 2. The molecule has 0 heterocycles. The van der Waals surface area contributed by atoms with Crippen molar-refractivity contribution in [3.05, 3.63) is 92.1 Å². The number of rotatable bonds is 3. The fourth-order valence-corrected chi connectivity index (χ4v) is 0.725. The summed E-state index contributed by atoms with van der Waals surface area (Å²) in [5.41, 5.74) is 1.35. The molecule has 1 rings (SSSR count). The number of hydrogen-bond donors (Lipinski definition) is 1. The van der Waals surface area contributed by atoms with Crippen LogP contribution in [0.15, 0.2) is 86.5 Å². The number of allylic oxidation sites excluding steroid dienone is 4. The first-order valence-electron chi connectivity index (χ1n) is 6.71. The lowest BCUT2D eigenvalue weighted by Crippen LogP contribution is -1.92. The average Bonchev–Trinajstić information content (AvgIpc) is 2.57. The van der Waals surface area contributed by atoms with Gasteiger partial charge in [0, 0.05) is 11.6 Å². The Bertz CT molecular complexity index is 523. The van der Waals surface area contributed by atoms with Crippen LogP contribution in [0.1, 0.15) is 19.4 Å². The van der Waals surface area contributed by atoms with Crippen molar-refractivity contribution in [2.24, 2.45) is 0 Å². The van der Waals surface area contributed by atoms with E-state index in [0.29, 0.717) is 0 Å². The molecule has 0 saturated heterocycles. The van der Waals surface area contributed by atoms with Crippen molar-refractivity contribution in [1.82, 2.24) is 0 Å². The molecule has 1 N–H and O–H groups in total. The molecular weight excluding hydrogens is 286 g/mol. The van der Waals surface area contributed by atoms with Gasteiger partial charge in [0.15, 0.2) is 0 Å². The van der Waals surface area contributed by atoms with Gasteiger partial charge in [-0.15, -0.1) is 0 Å². The van der Waals surface area contributed by atoms with Gasteiger partial charge in [-0.2, -0.15) is 5.26 Å². The molecule has 0 aliphatic rings. The highest BCUT2D eigenvalue weighted by Gasteiger charge is 1.90. The first-order valence-corrected chi connectivity index (χ1v) is 6.71. The Morgan fingerprint density at radius 1 is 1.22 bits per heavy atom. The first kappa shape index (κ1) is 24.9. The van der Waals surface area contributed by atoms with Crippen LogP contribution in [-0.2, 0) is 4.79 Å². The lowest BCUT2D eigenvalue weighted by molar-refractivity contribution is -0.132. The zero-order chi connectivity index (χ0) is 18.5. The smallest absolute Gasteiger partial charge is 0.330 e. The van der Waals surface area contributed by atoms with Crippen molar-refractivity contribution < 1.29 is 9.90 Å². The molecule has 0 radical (unpaired) electrons. The van der Waals surface area contributed by atoms with E-state index in [2.05, 4.69) is 26.3 Å². The van der Waals surface area contributed by atoms with Gasteiger partial charge in [0.1, 0.15) is 0 Å². The highest BCUT2D eigenvalue weighted by atomic mass is 16.4. The number of carboxylic acid groups (broad SMARTS) is 1. The summed E-state index contributed by atoms with van der Waals surface area (Å²) in [4.78, 5) is 9.60. The SMILES string of the molecule is C=C(C)C(=O)O.C=C/C=C/C.C=CC#N.C=Cc1ccccc1. The summed E-state index contributed by atoms with van der Waals surface area (Å²) in [6, 6.07) is 11.7. The van der Waals surface area contributed by atoms with Crippen molar-refractivity contribution in [2.45, 2.75) is 13.8 Å². The molecule has 0 fully saturated rings. The predicted molar refractivity (Wildman–Crippen MR) is 99.8 cm³/mol. The van der Waals surface area contributed by atoms with Crippen molar-refractivity contribution in [3.63, 3.8) is 0 Å². The van der Waals surface area contributed by atoms with E-state index in [1.165, 1.54) is 18.6 Å². The first-order chi connectivity index (χ1) is 10.9. The van der Waals surface area contributed by atoms with Gasteiger partial charge in [0.2, 0.25) is 0 Å². The molecule has 0 atom stereocenters. The molecule has 1 aromatic carbocycles. The van der Waals surface area contributed by atoms with Crippen LogP contribution in [0.3, 0.4) is 0 Å². The molecule has 23 heavy (non-hydrogen) atoms. The van der Waals surface area contributed by atoms with E-state index >= 15 is 0 Å². The second-order valence-corrected chi connectivity index (χ2v) is 3.79. The average molecular weight is 311 g/mol. The third-order valence-electron chi connectivity index (χ3n) is 1.82. The van der Waals surface area contributed by atoms with Gasteiger partial charge in [-0.25, -0.2) is 4.79 Å². The quantitative estimate of drug-likeness (QED) is 0.460. The molecule has 0 bridgehead atoms. The van der Waals surface area contributed by atoms with E-state index in [-0.39, 0.29) is 5.57 Å². The van der Waals surface area contributed by atoms with Gasteiger partial charge in [-0.3, -0.25) is 0 Å². The van der Waals surface area contributed by atoms with Crippen LogP contribution >= 0.6 is 0 Å². The standard InChI is InChI=1S/C8H8.C5H8.C4H6O2.C3H3N/c1-2-8-6-4-3-5-7-8;1-3-5-4-2;1-3(2)4(5)6;1-2-3-4/h2-7H,1H2;3-5H,1H2,2H3;1H2,2H3,(H,5,6);2H,1H2/b;5-4+;;. The lowest BCUT2D eigenvalue weighted by Gasteiger charge is -1.85. The van der Waals surface area contributed by atoms with E-state index in [0.717, 1.165) is 0 Å². The van der Waals surface area contributed by atoms with Crippen LogP contribution in [0.25, 0.3) is 6.08 Å². The Labute approximate surface area is 139 Å². The Hall–Kier alpha value is -3.12. The molecule has 122 valence electrons. The van der Waals surface area contributed by atoms with E-state index in [9.17, 15) is 4.79 Å². The van der Waals surface area contributed by atoms with Crippen LogP contribution in [-0.4, -0.2) is 11.1 Å². The maximum Gasteiger partial charge on any atom is 0.330 e. The van der Waals surface area contributed by atoms with Crippen molar-refractivity contribution in [2.75, 3.05) is 0 Å². The van der Waals surface area contributed by atoms with Gasteiger partial charge >= 0.3 is 5.97 Å². The number of aliphatic carboxylic acids is 1. The maximum absolute atomic E-state index is 9.60. The van der Waals surface area contributed by atoms with Crippen molar-refractivity contribution in [3.8, 4) is 6.07 Å². The minimum atomic E-state index is -0.935. The Balaban J connectivity index is -0.000000242. The predicted octanol–water partition coefficient (Wildman–Crippen LogP) is 5.42. The summed E-state index contributed by atoms with van der Waals surface area (Å²) in [5, 5.41) is 15.4. The summed E-state index contributed by atoms with van der Waals surface area (Å²) in [7, 11) is 0. The molecule has 0 aliphatic carbocycles. The highest BCUT2D eigenvalue weighted by molar-refractivity contribution is 5.84. The van der Waals surface area contributed by atoms with Gasteiger partial charge in [-0.05, 0) is 19.4 Å². The van der Waals surface area contributed by atoms with Gasteiger partial charge in [0.05, 0.1) is 6.07 Å². The molecule has 0 unspecified atom stereocenters. The summed E-state index contributed by atoms with van der Waals surface area (Å²) in [6.07, 6.45) is 8.59. The van der Waals surface area contributed by atoms with Crippen molar-refractivity contribution >= 4 is 12.0 Å². The molecule has 1 aromatic rings. The minimum absolute atomic E-state index is 0.176. The second kappa shape index (κ2) is 21.2. The highest BCUT2D eigenvalue weighted by Crippen LogP contribution is 1.97. The number of nitrogens with zero attached hydrogens (tertiary/aromatic N) is 1. The number of carboxylic acids is 1. The van der Waals surface area contributed by atoms with Crippen LogP contribution in [0.4, 0.5) is 0 Å². The maximum atomic E-state index is 9.60. The Morgan fingerprint density at radius 3 is 1.78 bits per heavy atom. The van der Waals surface area contributed by atoms with E-state index < -0.39 is 5.97 Å². The van der Waals surface area contributed by atoms with Crippen molar-refractivity contribution in [1.29, 1.82) is 5.26 Å². The Morgan fingerprint density at radius 2 is 1.65 bits per heavy atom. The molecule has 3 heteroatoms. The third kappa shape index (κ3) is 27.9. The molecule has 0 aromatic heterocycles. The van der Waals surface area contributed by atoms with Crippen LogP contribution < -0.4 is 0 Å². The van der Waals surface area contributed by atoms with E-state index in [1.54, 1.807) is 12.1 Å². The monoisotopic (exact) mass is 311 g/mol. The molecule has 0 amide bonds. The van der Waals surface area contributed by atoms with E-state index in [1.807, 2.05) is 55.5 Å². The molecule has 0 saturated carbocycles. The molecular formula is C20H25NO2. The van der Waals surface area contributed by atoms with Crippen LogP contribution in [0.2, 0.25) is 0 Å². The molecule has 0 aliphatic heterocycles. The lowest BCUT2D eigenvalue weighted by atomic mass is 10.2. The summed E-state index contributed by atoms with van der Waals surface area (Å²) in [5.74, 6) is -0.935. The number of carbonyl (C=O) groups is 1. The summed E-state index contributed by atoms with van der Waals surface area (Å²) in [6.45, 7) is 16.8. The number of nitriles is 1. The van der Waals surface area contributed by atoms with Gasteiger partial charge < -0.3 is 5.11 Å². The number of benzene rings is 1. The second-order valence-electron chi connectivity index (χ2n) is 3.79. The Kier molecular flexibility index (Phi) is 22.9. The largest absolute Gasteiger partial charge is 0.478 e. The summed E-state index contributed by atoms with van der Waals surface area (Å²) >= 11 is 0. The van der Waals surface area contributed by atoms with Crippen LogP contribution in [0, 0.1) is 11.3 Å². The molecule has 3 nitrogen and oxygen atoms in total. The van der Waals surface area contributed by atoms with Crippen LogP contribution in [0.5, 0.6) is 0 Å². The van der Waals surface area contributed by atoms with Gasteiger partial charge in [0.25, 0.3) is 0 Å². The normalized spacial score (nSPS) is 7.52. The molecule has 0 spiro atoms. The topological polar surface area (TPSA) is 61.1 Å². The minimum Gasteiger partial charge on any atom is -0.478 e. The fourth-order valence-electron chi connectivity index (χ4n) is 0.725. The third-order valence-corrected chi connectivity index (χ3v) is 1.82. The zero-order valence-electron chi connectivity index (χ0n) is 13.9. The van der Waals surface area contributed by atoms with E-state index in [4.69, 9.17) is 10.4 Å².